The lowest BCUT2D eigenvalue weighted by molar-refractivity contribution is 0.0971. The van der Waals surface area contributed by atoms with Crippen LogP contribution in [0.15, 0.2) is 79.0 Å². The Morgan fingerprint density at radius 3 is 2.50 bits per heavy atom. The van der Waals surface area contributed by atoms with Crippen LogP contribution < -0.4 is 0 Å². The summed E-state index contributed by atoms with van der Waals surface area (Å²) in [6.07, 6.45) is 5.02. The van der Waals surface area contributed by atoms with Crippen molar-refractivity contribution in [3.8, 4) is 0 Å². The third kappa shape index (κ3) is 4.48. The van der Waals surface area contributed by atoms with Gasteiger partial charge in [0.05, 0.1) is 6.54 Å². The lowest BCUT2D eigenvalue weighted by Crippen LogP contribution is -2.24. The fourth-order valence-electron chi connectivity index (χ4n) is 4.72. The van der Waals surface area contributed by atoms with Gasteiger partial charge in [-0.3, -0.25) is 9.69 Å². The Bertz CT molecular complexity index is 1190. The van der Waals surface area contributed by atoms with Crippen molar-refractivity contribution in [2.45, 2.75) is 38.3 Å². The molecule has 0 amide bonds. The van der Waals surface area contributed by atoms with E-state index in [1.54, 1.807) is 6.20 Å². The highest BCUT2D eigenvalue weighted by molar-refractivity contribution is 5.96. The molecule has 0 aliphatic carbocycles. The van der Waals surface area contributed by atoms with Gasteiger partial charge in [-0.05, 0) is 50.0 Å². The van der Waals surface area contributed by atoms with Gasteiger partial charge in [0.1, 0.15) is 11.3 Å². The van der Waals surface area contributed by atoms with E-state index >= 15 is 0 Å². The average Bonchev–Trinajstić information content (AvgIpc) is 3.03. The number of rotatable bonds is 6. The molecule has 1 saturated heterocycles. The second kappa shape index (κ2) is 9.45. The van der Waals surface area contributed by atoms with Gasteiger partial charge < -0.3 is 4.57 Å². The molecule has 2 aromatic carbocycles. The number of pyridine rings is 1. The number of nitrogens with zero attached hydrogens (tertiary/aromatic N) is 4. The molecular weight excluding hydrogens is 396 g/mol. The van der Waals surface area contributed by atoms with Gasteiger partial charge in [0, 0.05) is 24.2 Å². The lowest BCUT2D eigenvalue weighted by atomic mass is 9.99. The van der Waals surface area contributed by atoms with Crippen molar-refractivity contribution in [3.63, 3.8) is 0 Å². The monoisotopic (exact) mass is 424 g/mol. The van der Waals surface area contributed by atoms with Crippen LogP contribution in [0.3, 0.4) is 0 Å². The van der Waals surface area contributed by atoms with Crippen molar-refractivity contribution in [3.05, 3.63) is 95.9 Å². The van der Waals surface area contributed by atoms with E-state index in [9.17, 15) is 4.79 Å². The molecule has 0 radical (unpaired) electrons. The van der Waals surface area contributed by atoms with E-state index in [0.29, 0.717) is 5.92 Å². The van der Waals surface area contributed by atoms with Gasteiger partial charge in [-0.2, -0.15) is 0 Å². The Hall–Kier alpha value is -3.31. The fraction of sp³-hybridized carbons (Fsp3) is 0.296. The van der Waals surface area contributed by atoms with Crippen LogP contribution in [-0.4, -0.2) is 38.3 Å². The maximum Gasteiger partial charge on any atom is 0.182 e. The fourth-order valence-corrected chi connectivity index (χ4v) is 4.72. The summed E-state index contributed by atoms with van der Waals surface area (Å²) in [5, 5.41) is 0. The number of benzene rings is 2. The molecule has 162 valence electrons. The Morgan fingerprint density at radius 1 is 0.906 bits per heavy atom. The van der Waals surface area contributed by atoms with Crippen molar-refractivity contribution in [1.29, 1.82) is 0 Å². The molecule has 32 heavy (non-hydrogen) atoms. The van der Waals surface area contributed by atoms with E-state index in [1.165, 1.54) is 5.56 Å². The first-order valence-corrected chi connectivity index (χ1v) is 11.4. The molecule has 1 aliphatic rings. The highest BCUT2D eigenvalue weighted by atomic mass is 16.1. The van der Waals surface area contributed by atoms with Crippen molar-refractivity contribution in [2.75, 3.05) is 13.1 Å². The topological polar surface area (TPSA) is 51.0 Å². The second-order valence-corrected chi connectivity index (χ2v) is 8.58. The number of carbonyl (C=O) groups excluding carboxylic acids is 1. The zero-order valence-electron chi connectivity index (χ0n) is 18.2. The number of aromatic nitrogens is 3. The minimum Gasteiger partial charge on any atom is -0.305 e. The van der Waals surface area contributed by atoms with E-state index in [0.717, 1.165) is 61.4 Å². The Morgan fingerprint density at radius 2 is 1.69 bits per heavy atom. The van der Waals surface area contributed by atoms with Crippen LogP contribution >= 0.6 is 0 Å². The maximum atomic E-state index is 13.0. The molecule has 5 heteroatoms. The van der Waals surface area contributed by atoms with Crippen molar-refractivity contribution in [1.82, 2.24) is 19.4 Å². The maximum absolute atomic E-state index is 13.0. The first-order valence-electron chi connectivity index (χ1n) is 11.4. The van der Waals surface area contributed by atoms with Gasteiger partial charge in [-0.15, -0.1) is 0 Å². The van der Waals surface area contributed by atoms with Gasteiger partial charge in [0.25, 0.3) is 0 Å². The van der Waals surface area contributed by atoms with Gasteiger partial charge in [0.2, 0.25) is 0 Å². The normalized spacial score (nSPS) is 17.3. The molecule has 0 saturated carbocycles. The second-order valence-electron chi connectivity index (χ2n) is 8.58. The molecule has 0 bridgehead atoms. The first-order chi connectivity index (χ1) is 15.8. The summed E-state index contributed by atoms with van der Waals surface area (Å²) in [5.74, 6) is 1.43. The number of ketones is 1. The van der Waals surface area contributed by atoms with Gasteiger partial charge >= 0.3 is 0 Å². The summed E-state index contributed by atoms with van der Waals surface area (Å²) in [7, 11) is 0. The number of carbonyl (C=O) groups is 1. The average molecular weight is 425 g/mol. The van der Waals surface area contributed by atoms with Crippen LogP contribution in [0.1, 0.15) is 46.9 Å². The predicted molar refractivity (Wildman–Crippen MR) is 127 cm³/mol. The smallest absolute Gasteiger partial charge is 0.182 e. The highest BCUT2D eigenvalue weighted by Crippen LogP contribution is 2.30. The van der Waals surface area contributed by atoms with Gasteiger partial charge in [-0.1, -0.05) is 60.7 Å². The Labute approximate surface area is 188 Å². The molecular formula is C27H28N4O. The largest absolute Gasteiger partial charge is 0.305 e. The molecule has 0 spiro atoms. The Balaban J connectivity index is 1.39. The van der Waals surface area contributed by atoms with Crippen LogP contribution in [-0.2, 0) is 13.1 Å². The number of Topliss-reactive ketones (excluding diaryl/α,β-unsaturated/α-hetero) is 1. The van der Waals surface area contributed by atoms with Gasteiger partial charge in [-0.25, -0.2) is 9.97 Å². The zero-order chi connectivity index (χ0) is 21.8. The molecule has 3 heterocycles. The summed E-state index contributed by atoms with van der Waals surface area (Å²) >= 11 is 0. The van der Waals surface area contributed by atoms with Crippen LogP contribution in [0.2, 0.25) is 0 Å². The molecule has 1 aliphatic heterocycles. The quantitative estimate of drug-likeness (QED) is 0.405. The standard InChI is InChI=1S/C27H28N4O/c32-25(22-11-5-2-6-12-22)20-31-26(29-24-14-7-16-28-27(24)31)23-13-8-17-30(18-15-23)19-21-9-3-1-4-10-21/h1-7,9-12,14,16,23H,8,13,15,17-20H2. The summed E-state index contributed by atoms with van der Waals surface area (Å²) in [5.41, 5.74) is 3.76. The third-order valence-corrected chi connectivity index (χ3v) is 6.37. The van der Waals surface area contributed by atoms with Crippen LogP contribution in [0.5, 0.6) is 0 Å². The number of likely N-dealkylation sites (tertiary alicyclic amines) is 1. The molecule has 5 rings (SSSR count). The van der Waals surface area contributed by atoms with Crippen molar-refractivity contribution in [2.24, 2.45) is 0 Å². The summed E-state index contributed by atoms with van der Waals surface area (Å²) in [4.78, 5) is 25.1. The minimum atomic E-state index is 0.0936. The predicted octanol–water partition coefficient (Wildman–Crippen LogP) is 5.08. The summed E-state index contributed by atoms with van der Waals surface area (Å²) in [6.45, 7) is 3.38. The van der Waals surface area contributed by atoms with Gasteiger partial charge in [0.15, 0.2) is 11.4 Å². The molecule has 5 nitrogen and oxygen atoms in total. The molecule has 2 aromatic heterocycles. The van der Waals surface area contributed by atoms with E-state index in [4.69, 9.17) is 4.98 Å². The van der Waals surface area contributed by atoms with E-state index in [2.05, 4.69) is 44.8 Å². The Kier molecular flexibility index (Phi) is 6.08. The van der Waals surface area contributed by atoms with Crippen molar-refractivity contribution >= 4 is 16.9 Å². The molecule has 0 N–H and O–H groups in total. The van der Waals surface area contributed by atoms with E-state index < -0.39 is 0 Å². The SMILES string of the molecule is O=C(Cn1c(C2CCCN(Cc3ccccc3)CC2)nc2cccnc21)c1ccccc1. The van der Waals surface area contributed by atoms with Crippen LogP contribution in [0.4, 0.5) is 0 Å². The van der Waals surface area contributed by atoms with Crippen LogP contribution in [0.25, 0.3) is 11.2 Å². The first kappa shape index (κ1) is 20.6. The number of fused-ring (bicyclic) bond motifs is 1. The molecule has 4 aromatic rings. The van der Waals surface area contributed by atoms with E-state index in [-0.39, 0.29) is 12.3 Å². The third-order valence-electron chi connectivity index (χ3n) is 6.37. The summed E-state index contributed by atoms with van der Waals surface area (Å²) in [6, 6.07) is 24.1. The molecule has 1 fully saturated rings. The number of hydrogen-bond donors (Lipinski definition) is 0. The number of imidazole rings is 1. The highest BCUT2D eigenvalue weighted by Gasteiger charge is 2.25. The zero-order valence-corrected chi connectivity index (χ0v) is 18.2. The van der Waals surface area contributed by atoms with Crippen LogP contribution in [0, 0.1) is 0 Å². The number of hydrogen-bond acceptors (Lipinski definition) is 4. The van der Waals surface area contributed by atoms with Crippen molar-refractivity contribution < 1.29 is 4.79 Å². The minimum absolute atomic E-state index is 0.0936. The summed E-state index contributed by atoms with van der Waals surface area (Å²) < 4.78 is 2.06. The molecule has 1 unspecified atom stereocenters. The molecule has 1 atom stereocenters. The lowest BCUT2D eigenvalue weighted by Gasteiger charge is -2.20. The van der Waals surface area contributed by atoms with E-state index in [1.807, 2.05) is 42.5 Å².